The number of hydrogen-bond acceptors (Lipinski definition) is 3. The van der Waals surface area contributed by atoms with Gasteiger partial charge in [0, 0.05) is 25.7 Å². The van der Waals surface area contributed by atoms with Crippen molar-refractivity contribution in [1.82, 2.24) is 9.88 Å². The van der Waals surface area contributed by atoms with Gasteiger partial charge in [0.1, 0.15) is 5.52 Å². The molecule has 0 aliphatic carbocycles. The van der Waals surface area contributed by atoms with Gasteiger partial charge in [-0.15, -0.1) is 0 Å². The number of hydrogen-bond donors (Lipinski definition) is 0. The second-order valence-electron chi connectivity index (χ2n) is 5.74. The minimum absolute atomic E-state index is 0.189. The molecular formula is C19H15F3N2O2. The van der Waals surface area contributed by atoms with Crippen molar-refractivity contribution in [3.05, 3.63) is 71.6 Å². The molecule has 0 N–H and O–H groups in total. The molecule has 7 heteroatoms. The number of rotatable bonds is 4. The van der Waals surface area contributed by atoms with Crippen LogP contribution in [0.3, 0.4) is 0 Å². The van der Waals surface area contributed by atoms with Crippen molar-refractivity contribution < 1.29 is 22.4 Å². The Hall–Kier alpha value is -3.09. The summed E-state index contributed by atoms with van der Waals surface area (Å²) in [6.07, 6.45) is -1.59. The number of amides is 1. The average Bonchev–Trinajstić information content (AvgIpc) is 3.02. The molecule has 0 fully saturated rings. The largest absolute Gasteiger partial charge is 0.437 e. The topological polar surface area (TPSA) is 46.3 Å². The molecule has 3 aromatic rings. The van der Waals surface area contributed by atoms with Crippen molar-refractivity contribution in [3.8, 4) is 0 Å². The molecule has 0 unspecified atom stereocenters. The molecule has 0 aliphatic heterocycles. The summed E-state index contributed by atoms with van der Waals surface area (Å²) in [5.74, 6) is -0.00497. The van der Waals surface area contributed by atoms with Crippen molar-refractivity contribution in [2.75, 3.05) is 7.05 Å². The van der Waals surface area contributed by atoms with Crippen LogP contribution >= 0.6 is 0 Å². The minimum Gasteiger partial charge on any atom is -0.437 e. The summed E-state index contributed by atoms with van der Waals surface area (Å²) < 4.78 is 43.2. The highest BCUT2D eigenvalue weighted by Crippen LogP contribution is 2.29. The van der Waals surface area contributed by atoms with E-state index in [0.29, 0.717) is 22.6 Å². The summed E-state index contributed by atoms with van der Waals surface area (Å²) in [7, 11) is 1.57. The number of fused-ring (bicyclic) bond motifs is 1. The van der Waals surface area contributed by atoms with Gasteiger partial charge in [-0.1, -0.05) is 24.3 Å². The Bertz CT molecular complexity index is 910. The first-order chi connectivity index (χ1) is 12.3. The lowest BCUT2D eigenvalue weighted by molar-refractivity contribution is -0.137. The molecule has 134 valence electrons. The maximum atomic E-state index is 12.6. The number of likely N-dealkylation sites (N-methyl/N-ethyl adjacent to an activating group) is 1. The number of aromatic nitrogens is 1. The second kappa shape index (κ2) is 7.03. The van der Waals surface area contributed by atoms with E-state index < -0.39 is 11.7 Å². The van der Waals surface area contributed by atoms with Crippen LogP contribution in [0.15, 0.2) is 59.0 Å². The molecule has 2 aromatic carbocycles. The number of para-hydroxylation sites is 2. The highest BCUT2D eigenvalue weighted by Gasteiger charge is 2.29. The van der Waals surface area contributed by atoms with Crippen LogP contribution in [0.1, 0.15) is 17.0 Å². The molecule has 0 saturated carbocycles. The van der Waals surface area contributed by atoms with E-state index >= 15 is 0 Å². The van der Waals surface area contributed by atoms with Crippen LogP contribution in [0.2, 0.25) is 0 Å². The Kier molecular flexibility index (Phi) is 4.79. The summed E-state index contributed by atoms with van der Waals surface area (Å²) in [6, 6.07) is 12.0. The molecule has 26 heavy (non-hydrogen) atoms. The lowest BCUT2D eigenvalue weighted by atomic mass is 10.1. The molecular weight excluding hydrogens is 345 g/mol. The molecule has 4 nitrogen and oxygen atoms in total. The molecule has 0 radical (unpaired) electrons. The SMILES string of the molecule is CN(Cc1ccc(C(F)(F)F)cc1)C(=O)/C=C/c1nc2ccccc2o1. The van der Waals surface area contributed by atoms with Gasteiger partial charge < -0.3 is 9.32 Å². The van der Waals surface area contributed by atoms with Gasteiger partial charge in [-0.25, -0.2) is 4.98 Å². The van der Waals surface area contributed by atoms with E-state index in [1.165, 1.54) is 29.2 Å². The van der Waals surface area contributed by atoms with Crippen LogP contribution in [0.4, 0.5) is 13.2 Å². The molecule has 1 amide bonds. The molecule has 3 rings (SSSR count). The number of carbonyl (C=O) groups excluding carboxylic acids is 1. The van der Waals surface area contributed by atoms with Crippen molar-refractivity contribution in [1.29, 1.82) is 0 Å². The number of oxazole rings is 1. The number of alkyl halides is 3. The molecule has 1 aromatic heterocycles. The number of carbonyl (C=O) groups is 1. The van der Waals surface area contributed by atoms with Crippen molar-refractivity contribution in [3.63, 3.8) is 0 Å². The monoisotopic (exact) mass is 360 g/mol. The Morgan fingerprint density at radius 2 is 1.85 bits per heavy atom. The molecule has 0 aliphatic rings. The first-order valence-corrected chi connectivity index (χ1v) is 7.78. The van der Waals surface area contributed by atoms with Gasteiger partial charge in [0.2, 0.25) is 11.8 Å². The van der Waals surface area contributed by atoms with E-state index in [4.69, 9.17) is 4.42 Å². The summed E-state index contributed by atoms with van der Waals surface area (Å²) in [6.45, 7) is 0.189. The van der Waals surface area contributed by atoms with Crippen molar-refractivity contribution in [2.24, 2.45) is 0 Å². The predicted octanol–water partition coefficient (Wildman–Crippen LogP) is 4.52. The maximum absolute atomic E-state index is 12.6. The Morgan fingerprint density at radius 3 is 2.50 bits per heavy atom. The fourth-order valence-corrected chi connectivity index (χ4v) is 2.38. The van der Waals surface area contributed by atoms with E-state index in [9.17, 15) is 18.0 Å². The van der Waals surface area contributed by atoms with E-state index in [0.717, 1.165) is 12.1 Å². The lowest BCUT2D eigenvalue weighted by Crippen LogP contribution is -2.24. The summed E-state index contributed by atoms with van der Waals surface area (Å²) >= 11 is 0. The molecule has 1 heterocycles. The van der Waals surface area contributed by atoms with Crippen LogP contribution in [0.25, 0.3) is 17.2 Å². The summed E-state index contributed by atoms with van der Waals surface area (Å²) in [4.78, 5) is 17.8. The van der Waals surface area contributed by atoms with Crippen LogP contribution in [-0.2, 0) is 17.5 Å². The average molecular weight is 360 g/mol. The summed E-state index contributed by atoms with van der Waals surface area (Å²) in [5.41, 5.74) is 1.20. The smallest absolute Gasteiger partial charge is 0.416 e. The van der Waals surface area contributed by atoms with Gasteiger partial charge in [0.15, 0.2) is 5.58 Å². The van der Waals surface area contributed by atoms with Crippen LogP contribution < -0.4 is 0 Å². The Balaban J connectivity index is 1.64. The van der Waals surface area contributed by atoms with Gasteiger partial charge >= 0.3 is 6.18 Å². The molecule has 0 bridgehead atoms. The number of halogens is 3. The third-order valence-corrected chi connectivity index (χ3v) is 3.76. The second-order valence-corrected chi connectivity index (χ2v) is 5.74. The van der Waals surface area contributed by atoms with E-state index in [1.807, 2.05) is 12.1 Å². The quantitative estimate of drug-likeness (QED) is 0.643. The van der Waals surface area contributed by atoms with Crippen LogP contribution in [0, 0.1) is 0 Å². The van der Waals surface area contributed by atoms with E-state index in [2.05, 4.69) is 4.98 Å². The Morgan fingerprint density at radius 1 is 1.15 bits per heavy atom. The third kappa shape index (κ3) is 4.11. The zero-order valence-corrected chi connectivity index (χ0v) is 13.8. The van der Waals surface area contributed by atoms with Gasteiger partial charge in [-0.2, -0.15) is 13.2 Å². The Labute approximate surface area is 147 Å². The first kappa shape index (κ1) is 17.7. The fourth-order valence-electron chi connectivity index (χ4n) is 2.38. The minimum atomic E-state index is -4.37. The molecule has 0 atom stereocenters. The van der Waals surface area contributed by atoms with Crippen LogP contribution in [-0.4, -0.2) is 22.8 Å². The maximum Gasteiger partial charge on any atom is 0.416 e. The molecule has 0 saturated heterocycles. The van der Waals surface area contributed by atoms with E-state index in [1.54, 1.807) is 19.2 Å². The zero-order chi connectivity index (χ0) is 18.7. The molecule has 0 spiro atoms. The standard InChI is InChI=1S/C19H15F3N2O2/c1-24(12-13-6-8-14(9-7-13)19(20,21)22)18(25)11-10-17-23-15-4-2-3-5-16(15)26-17/h2-11H,12H2,1H3/b11-10+. The summed E-state index contributed by atoms with van der Waals surface area (Å²) in [5, 5.41) is 0. The normalized spacial score (nSPS) is 12.0. The predicted molar refractivity (Wildman–Crippen MR) is 91.0 cm³/mol. The van der Waals surface area contributed by atoms with E-state index in [-0.39, 0.29) is 12.5 Å². The lowest BCUT2D eigenvalue weighted by Gasteiger charge is -2.15. The van der Waals surface area contributed by atoms with Gasteiger partial charge in [-0.05, 0) is 29.8 Å². The van der Waals surface area contributed by atoms with Crippen LogP contribution in [0.5, 0.6) is 0 Å². The number of benzene rings is 2. The third-order valence-electron chi connectivity index (χ3n) is 3.76. The highest BCUT2D eigenvalue weighted by molar-refractivity contribution is 5.91. The van der Waals surface area contributed by atoms with Gasteiger partial charge in [-0.3, -0.25) is 4.79 Å². The van der Waals surface area contributed by atoms with Gasteiger partial charge in [0.25, 0.3) is 0 Å². The first-order valence-electron chi connectivity index (χ1n) is 7.78. The van der Waals surface area contributed by atoms with Gasteiger partial charge in [0.05, 0.1) is 5.56 Å². The van der Waals surface area contributed by atoms with Crippen molar-refractivity contribution >= 4 is 23.1 Å². The highest BCUT2D eigenvalue weighted by atomic mass is 19.4. The van der Waals surface area contributed by atoms with Crippen molar-refractivity contribution in [2.45, 2.75) is 12.7 Å². The zero-order valence-electron chi connectivity index (χ0n) is 13.8. The number of nitrogens with zero attached hydrogens (tertiary/aromatic N) is 2. The fraction of sp³-hybridized carbons (Fsp3) is 0.158.